The van der Waals surface area contributed by atoms with Crippen LogP contribution in [0, 0.1) is 0 Å². The van der Waals surface area contributed by atoms with Crippen LogP contribution >= 0.6 is 15.9 Å². The first-order valence-electron chi connectivity index (χ1n) is 6.33. The molecule has 94 valence electrons. The fraction of sp³-hybridized carbons (Fsp3) is 0.571. The van der Waals surface area contributed by atoms with Crippen molar-refractivity contribution in [2.45, 2.75) is 38.7 Å². The highest BCUT2D eigenvalue weighted by Crippen LogP contribution is 2.30. The van der Waals surface area contributed by atoms with Crippen molar-refractivity contribution in [1.29, 1.82) is 0 Å². The first-order chi connectivity index (χ1) is 8.16. The quantitative estimate of drug-likeness (QED) is 0.918. The molecule has 1 aromatic rings. The molecule has 1 aliphatic rings. The molecule has 1 aromatic carbocycles. The van der Waals surface area contributed by atoms with Gasteiger partial charge in [0.15, 0.2) is 0 Å². The summed E-state index contributed by atoms with van der Waals surface area (Å²) < 4.78 is 7.11. The number of halogens is 1. The molecule has 0 bridgehead atoms. The van der Waals surface area contributed by atoms with Gasteiger partial charge in [-0.2, -0.15) is 0 Å². The van der Waals surface area contributed by atoms with Gasteiger partial charge in [0.2, 0.25) is 0 Å². The van der Waals surface area contributed by atoms with Gasteiger partial charge in [-0.05, 0) is 65.5 Å². The molecule has 3 heteroatoms. The van der Waals surface area contributed by atoms with Crippen LogP contribution in [0.25, 0.3) is 0 Å². The van der Waals surface area contributed by atoms with Crippen LogP contribution < -0.4 is 10.1 Å². The highest BCUT2D eigenvalue weighted by Gasteiger charge is 2.16. The standard InChI is InChI=1S/C14H20BrNO/c1-10(2)11-3-4-14(13(15)9-11)17-12-5-7-16-8-6-12/h3-4,9-10,12,16H,5-8H2,1-2H3. The van der Waals surface area contributed by atoms with Crippen molar-refractivity contribution in [3.05, 3.63) is 28.2 Å². The van der Waals surface area contributed by atoms with Crippen LogP contribution in [0.5, 0.6) is 5.75 Å². The minimum absolute atomic E-state index is 0.359. The van der Waals surface area contributed by atoms with E-state index in [1.54, 1.807) is 0 Å². The Labute approximate surface area is 112 Å². The van der Waals surface area contributed by atoms with Gasteiger partial charge >= 0.3 is 0 Å². The number of hydrogen-bond donors (Lipinski definition) is 1. The summed E-state index contributed by atoms with van der Waals surface area (Å²) in [5, 5.41) is 3.35. The fourth-order valence-electron chi connectivity index (χ4n) is 2.06. The van der Waals surface area contributed by atoms with Crippen molar-refractivity contribution >= 4 is 15.9 Å². The van der Waals surface area contributed by atoms with Gasteiger partial charge in [-0.1, -0.05) is 19.9 Å². The lowest BCUT2D eigenvalue weighted by Crippen LogP contribution is -2.34. The number of ether oxygens (including phenoxy) is 1. The van der Waals surface area contributed by atoms with E-state index in [9.17, 15) is 0 Å². The molecule has 0 spiro atoms. The van der Waals surface area contributed by atoms with E-state index < -0.39 is 0 Å². The van der Waals surface area contributed by atoms with Crippen LogP contribution in [0.1, 0.15) is 38.2 Å². The van der Waals surface area contributed by atoms with E-state index in [-0.39, 0.29) is 0 Å². The van der Waals surface area contributed by atoms with Crippen LogP contribution in [0.2, 0.25) is 0 Å². The SMILES string of the molecule is CC(C)c1ccc(OC2CCNCC2)c(Br)c1. The van der Waals surface area contributed by atoms with E-state index in [0.717, 1.165) is 36.2 Å². The Kier molecular flexibility index (Phi) is 4.46. The molecule has 0 amide bonds. The first kappa shape index (κ1) is 12.9. The molecule has 0 aromatic heterocycles. The lowest BCUT2D eigenvalue weighted by molar-refractivity contribution is 0.161. The average Bonchev–Trinajstić information content (AvgIpc) is 2.33. The topological polar surface area (TPSA) is 21.3 Å². The summed E-state index contributed by atoms with van der Waals surface area (Å²) in [5.74, 6) is 1.53. The van der Waals surface area contributed by atoms with E-state index >= 15 is 0 Å². The molecule has 2 nitrogen and oxygen atoms in total. The maximum absolute atomic E-state index is 6.03. The van der Waals surface area contributed by atoms with Crippen molar-refractivity contribution in [2.24, 2.45) is 0 Å². The lowest BCUT2D eigenvalue weighted by Gasteiger charge is -2.24. The summed E-state index contributed by atoms with van der Waals surface area (Å²) in [7, 11) is 0. The summed E-state index contributed by atoms with van der Waals surface area (Å²) in [6.45, 7) is 6.53. The number of benzene rings is 1. The molecular weight excluding hydrogens is 278 g/mol. The molecule has 0 aliphatic carbocycles. The smallest absolute Gasteiger partial charge is 0.133 e. The molecule has 0 unspecified atom stereocenters. The van der Waals surface area contributed by atoms with Crippen LogP contribution in [0.4, 0.5) is 0 Å². The molecule has 1 heterocycles. The van der Waals surface area contributed by atoms with Gasteiger partial charge in [0.05, 0.1) is 4.47 Å². The van der Waals surface area contributed by atoms with Gasteiger partial charge in [0, 0.05) is 0 Å². The summed E-state index contributed by atoms with van der Waals surface area (Å²) in [5.41, 5.74) is 1.34. The Morgan fingerprint density at radius 1 is 1.29 bits per heavy atom. The zero-order valence-electron chi connectivity index (χ0n) is 10.5. The maximum Gasteiger partial charge on any atom is 0.133 e. The van der Waals surface area contributed by atoms with Gasteiger partial charge in [-0.25, -0.2) is 0 Å². The maximum atomic E-state index is 6.03. The normalized spacial score (nSPS) is 17.4. The summed E-state index contributed by atoms with van der Waals surface area (Å²) in [4.78, 5) is 0. The van der Waals surface area contributed by atoms with E-state index in [1.165, 1.54) is 5.56 Å². The third-order valence-corrected chi connectivity index (χ3v) is 3.82. The van der Waals surface area contributed by atoms with Crippen LogP contribution in [-0.4, -0.2) is 19.2 Å². The molecule has 1 aliphatic heterocycles. The zero-order chi connectivity index (χ0) is 12.3. The Hall–Kier alpha value is -0.540. The van der Waals surface area contributed by atoms with Crippen molar-refractivity contribution in [2.75, 3.05) is 13.1 Å². The number of hydrogen-bond acceptors (Lipinski definition) is 2. The number of piperidine rings is 1. The molecule has 0 saturated carbocycles. The monoisotopic (exact) mass is 297 g/mol. The Morgan fingerprint density at radius 2 is 2.00 bits per heavy atom. The Balaban J connectivity index is 2.05. The molecule has 17 heavy (non-hydrogen) atoms. The van der Waals surface area contributed by atoms with Gasteiger partial charge < -0.3 is 10.1 Å². The Morgan fingerprint density at radius 3 is 2.59 bits per heavy atom. The van der Waals surface area contributed by atoms with E-state index in [4.69, 9.17) is 4.74 Å². The first-order valence-corrected chi connectivity index (χ1v) is 7.13. The van der Waals surface area contributed by atoms with Crippen molar-refractivity contribution < 1.29 is 4.74 Å². The second-order valence-corrected chi connectivity index (χ2v) is 5.77. The molecule has 1 saturated heterocycles. The fourth-order valence-corrected chi connectivity index (χ4v) is 2.55. The van der Waals surface area contributed by atoms with Crippen molar-refractivity contribution in [3.63, 3.8) is 0 Å². The molecule has 0 atom stereocenters. The highest BCUT2D eigenvalue weighted by molar-refractivity contribution is 9.10. The van der Waals surface area contributed by atoms with Gasteiger partial charge in [0.25, 0.3) is 0 Å². The molecule has 0 radical (unpaired) electrons. The zero-order valence-corrected chi connectivity index (χ0v) is 12.1. The molecule has 2 rings (SSSR count). The van der Waals surface area contributed by atoms with Gasteiger partial charge in [-0.3, -0.25) is 0 Å². The average molecular weight is 298 g/mol. The predicted octanol–water partition coefficient (Wildman–Crippen LogP) is 3.70. The second kappa shape index (κ2) is 5.87. The summed E-state index contributed by atoms with van der Waals surface area (Å²) in [6.07, 6.45) is 2.55. The minimum atomic E-state index is 0.359. The van der Waals surface area contributed by atoms with Crippen LogP contribution in [0.3, 0.4) is 0 Å². The third kappa shape index (κ3) is 3.46. The van der Waals surface area contributed by atoms with Crippen LogP contribution in [-0.2, 0) is 0 Å². The Bertz CT molecular complexity index is 372. The van der Waals surface area contributed by atoms with Gasteiger partial charge in [0.1, 0.15) is 11.9 Å². The van der Waals surface area contributed by atoms with E-state index in [1.807, 2.05) is 0 Å². The van der Waals surface area contributed by atoms with E-state index in [0.29, 0.717) is 12.0 Å². The largest absolute Gasteiger partial charge is 0.489 e. The summed E-state index contributed by atoms with van der Waals surface area (Å²) in [6, 6.07) is 6.41. The van der Waals surface area contributed by atoms with E-state index in [2.05, 4.69) is 53.3 Å². The number of rotatable bonds is 3. The molecular formula is C14H20BrNO. The van der Waals surface area contributed by atoms with Crippen LogP contribution in [0.15, 0.2) is 22.7 Å². The third-order valence-electron chi connectivity index (χ3n) is 3.20. The highest BCUT2D eigenvalue weighted by atomic mass is 79.9. The van der Waals surface area contributed by atoms with Crippen molar-refractivity contribution in [1.82, 2.24) is 5.32 Å². The predicted molar refractivity (Wildman–Crippen MR) is 74.8 cm³/mol. The second-order valence-electron chi connectivity index (χ2n) is 4.91. The van der Waals surface area contributed by atoms with Gasteiger partial charge in [-0.15, -0.1) is 0 Å². The molecule has 1 N–H and O–H groups in total. The van der Waals surface area contributed by atoms with Crippen molar-refractivity contribution in [3.8, 4) is 5.75 Å². The minimum Gasteiger partial charge on any atom is -0.489 e. The molecule has 1 fully saturated rings. The number of nitrogens with one attached hydrogen (secondary N) is 1. The lowest BCUT2D eigenvalue weighted by atomic mass is 10.0. The summed E-state index contributed by atoms with van der Waals surface area (Å²) >= 11 is 3.60.